The molecule has 1 atom stereocenters. The minimum atomic E-state index is -1.02. The Morgan fingerprint density at radius 1 is 1.07 bits per heavy atom. The Hall–Kier alpha value is -3.09. The smallest absolute Gasteiger partial charge is 0.325 e. The van der Waals surface area contributed by atoms with Crippen molar-refractivity contribution in [3.63, 3.8) is 0 Å². The van der Waals surface area contributed by atoms with Gasteiger partial charge in [0, 0.05) is 5.56 Å². The van der Waals surface area contributed by atoms with Crippen LogP contribution < -0.4 is 14.8 Å². The van der Waals surface area contributed by atoms with Gasteiger partial charge in [-0.05, 0) is 55.7 Å². The molecule has 1 fully saturated rings. The summed E-state index contributed by atoms with van der Waals surface area (Å²) in [5.74, 6) is 0.395. The molecule has 1 aliphatic rings. The molecule has 6 nitrogen and oxygen atoms in total. The Balaban J connectivity index is 1.72. The lowest BCUT2D eigenvalue weighted by Crippen LogP contribution is -2.44. The molecule has 2 aromatic carbocycles. The van der Waals surface area contributed by atoms with Crippen LogP contribution in [0.1, 0.15) is 24.5 Å². The van der Waals surface area contributed by atoms with Gasteiger partial charge in [0.15, 0.2) is 0 Å². The van der Waals surface area contributed by atoms with Gasteiger partial charge in [-0.25, -0.2) is 9.18 Å². The van der Waals surface area contributed by atoms with E-state index in [4.69, 9.17) is 9.47 Å². The number of ether oxygens (including phenoxy) is 2. The van der Waals surface area contributed by atoms with Crippen molar-refractivity contribution in [3.05, 3.63) is 59.4 Å². The maximum absolute atomic E-state index is 13.6. The monoisotopic (exact) mass is 386 g/mol. The number of carbonyl (C=O) groups is 2. The normalized spacial score (nSPS) is 18.9. The van der Waals surface area contributed by atoms with Gasteiger partial charge in [-0.2, -0.15) is 0 Å². The molecule has 28 heavy (non-hydrogen) atoms. The summed E-state index contributed by atoms with van der Waals surface area (Å²) in [6, 6.07) is 11.1. The number of rotatable bonds is 7. The fraction of sp³-hybridized carbons (Fsp3) is 0.333. The molecule has 1 saturated heterocycles. The highest BCUT2D eigenvalue weighted by Gasteiger charge is 2.47. The Morgan fingerprint density at radius 2 is 1.79 bits per heavy atom. The number of imide groups is 1. The van der Waals surface area contributed by atoms with E-state index in [9.17, 15) is 14.0 Å². The topological polar surface area (TPSA) is 67.9 Å². The van der Waals surface area contributed by atoms with E-state index in [0.717, 1.165) is 16.2 Å². The molecule has 2 aromatic rings. The summed E-state index contributed by atoms with van der Waals surface area (Å²) in [6.07, 6.45) is 1.06. The fourth-order valence-corrected chi connectivity index (χ4v) is 3.29. The molecule has 1 heterocycles. The van der Waals surface area contributed by atoms with Crippen molar-refractivity contribution < 1.29 is 23.5 Å². The van der Waals surface area contributed by atoms with Crippen LogP contribution in [-0.2, 0) is 17.8 Å². The van der Waals surface area contributed by atoms with Gasteiger partial charge in [-0.1, -0.05) is 12.1 Å². The van der Waals surface area contributed by atoms with Crippen LogP contribution in [0, 0.1) is 5.82 Å². The van der Waals surface area contributed by atoms with E-state index in [1.165, 1.54) is 25.3 Å². The van der Waals surface area contributed by atoms with Gasteiger partial charge in [0.05, 0.1) is 20.8 Å². The van der Waals surface area contributed by atoms with E-state index < -0.39 is 17.4 Å². The SMILES string of the molecule is COc1ccc(CC[C@]2(C)NC(=O)N(Cc3cc(F)ccc3OC)C2=O)cc1. The first kappa shape index (κ1) is 19.7. The molecule has 7 heteroatoms. The van der Waals surface area contributed by atoms with Gasteiger partial charge in [-0.15, -0.1) is 0 Å². The van der Waals surface area contributed by atoms with E-state index in [1.807, 2.05) is 24.3 Å². The lowest BCUT2D eigenvalue weighted by Gasteiger charge is -2.22. The highest BCUT2D eigenvalue weighted by Crippen LogP contribution is 2.28. The van der Waals surface area contributed by atoms with Crippen molar-refractivity contribution in [3.8, 4) is 11.5 Å². The number of hydrogen-bond donors (Lipinski definition) is 1. The molecule has 0 unspecified atom stereocenters. The summed E-state index contributed by atoms with van der Waals surface area (Å²) < 4.78 is 23.9. The molecule has 3 rings (SSSR count). The molecule has 0 saturated carbocycles. The average Bonchev–Trinajstić information content (AvgIpc) is 2.90. The Bertz CT molecular complexity index is 884. The van der Waals surface area contributed by atoms with Crippen molar-refractivity contribution in [2.45, 2.75) is 31.8 Å². The number of amides is 3. The molecule has 148 valence electrons. The van der Waals surface area contributed by atoms with Crippen LogP contribution in [0.2, 0.25) is 0 Å². The number of carbonyl (C=O) groups excluding carboxylic acids is 2. The largest absolute Gasteiger partial charge is 0.497 e. The molecule has 1 N–H and O–H groups in total. The van der Waals surface area contributed by atoms with Crippen LogP contribution in [0.4, 0.5) is 9.18 Å². The summed E-state index contributed by atoms with van der Waals surface area (Å²) in [6.45, 7) is 1.66. The quantitative estimate of drug-likeness (QED) is 0.742. The third-order valence-corrected chi connectivity index (χ3v) is 4.99. The number of nitrogens with zero attached hydrogens (tertiary/aromatic N) is 1. The average molecular weight is 386 g/mol. The number of methoxy groups -OCH3 is 2. The predicted molar refractivity (Wildman–Crippen MR) is 102 cm³/mol. The number of hydrogen-bond acceptors (Lipinski definition) is 4. The predicted octanol–water partition coefficient (Wildman–Crippen LogP) is 3.29. The number of aryl methyl sites for hydroxylation is 1. The van der Waals surface area contributed by atoms with E-state index >= 15 is 0 Å². The molecular formula is C21H23FN2O4. The molecule has 0 bridgehead atoms. The number of benzene rings is 2. The van der Waals surface area contributed by atoms with Crippen LogP contribution in [-0.4, -0.2) is 36.6 Å². The molecule has 1 aliphatic heterocycles. The molecule has 3 amide bonds. The van der Waals surface area contributed by atoms with Crippen molar-refractivity contribution in [2.75, 3.05) is 14.2 Å². The lowest BCUT2D eigenvalue weighted by atomic mass is 9.93. The van der Waals surface area contributed by atoms with Crippen molar-refractivity contribution in [2.24, 2.45) is 0 Å². The molecular weight excluding hydrogens is 363 g/mol. The van der Waals surface area contributed by atoms with Crippen molar-refractivity contribution in [1.82, 2.24) is 10.2 Å². The zero-order chi connectivity index (χ0) is 20.3. The molecule has 0 radical (unpaired) electrons. The second-order valence-electron chi connectivity index (χ2n) is 6.96. The fourth-order valence-electron chi connectivity index (χ4n) is 3.29. The number of nitrogens with one attached hydrogen (secondary N) is 1. The van der Waals surface area contributed by atoms with Gasteiger partial charge in [0.2, 0.25) is 0 Å². The second-order valence-corrected chi connectivity index (χ2v) is 6.96. The molecule has 0 aromatic heterocycles. The Labute approximate surface area is 163 Å². The first-order chi connectivity index (χ1) is 13.4. The number of halogens is 1. The van der Waals surface area contributed by atoms with E-state index in [1.54, 1.807) is 14.0 Å². The first-order valence-electron chi connectivity index (χ1n) is 8.96. The summed E-state index contributed by atoms with van der Waals surface area (Å²) in [4.78, 5) is 26.5. The first-order valence-corrected chi connectivity index (χ1v) is 8.96. The van der Waals surface area contributed by atoms with Crippen molar-refractivity contribution in [1.29, 1.82) is 0 Å². The standard InChI is InChI=1S/C21H23FN2O4/c1-21(11-10-14-4-7-17(27-2)8-5-14)19(25)24(20(26)23-21)13-15-12-16(22)6-9-18(15)28-3/h4-9,12H,10-11,13H2,1-3H3,(H,23,26)/t21-/m0/s1. The van der Waals surface area contributed by atoms with Crippen LogP contribution in [0.25, 0.3) is 0 Å². The summed E-state index contributed by atoms with van der Waals surface area (Å²) >= 11 is 0. The minimum Gasteiger partial charge on any atom is -0.497 e. The van der Waals surface area contributed by atoms with Crippen LogP contribution >= 0.6 is 0 Å². The summed E-state index contributed by atoms with van der Waals surface area (Å²) in [7, 11) is 3.06. The Morgan fingerprint density at radius 3 is 2.43 bits per heavy atom. The maximum atomic E-state index is 13.6. The van der Waals surface area contributed by atoms with Crippen LogP contribution in [0.3, 0.4) is 0 Å². The summed E-state index contributed by atoms with van der Waals surface area (Å²) in [5, 5.41) is 2.77. The Kier molecular flexibility index (Phi) is 5.53. The van der Waals surface area contributed by atoms with Crippen LogP contribution in [0.5, 0.6) is 11.5 Å². The van der Waals surface area contributed by atoms with E-state index in [-0.39, 0.29) is 12.5 Å². The van der Waals surface area contributed by atoms with E-state index in [2.05, 4.69) is 5.32 Å². The summed E-state index contributed by atoms with van der Waals surface area (Å²) in [5.41, 5.74) is 0.456. The van der Waals surface area contributed by atoms with E-state index in [0.29, 0.717) is 24.2 Å². The third kappa shape index (κ3) is 3.93. The lowest BCUT2D eigenvalue weighted by molar-refractivity contribution is -0.131. The van der Waals surface area contributed by atoms with Gasteiger partial charge in [0.25, 0.3) is 5.91 Å². The molecule has 0 spiro atoms. The number of urea groups is 1. The molecule has 0 aliphatic carbocycles. The maximum Gasteiger partial charge on any atom is 0.325 e. The highest BCUT2D eigenvalue weighted by atomic mass is 19.1. The minimum absolute atomic E-state index is 0.0519. The van der Waals surface area contributed by atoms with Gasteiger partial charge in [-0.3, -0.25) is 9.69 Å². The third-order valence-electron chi connectivity index (χ3n) is 4.99. The zero-order valence-corrected chi connectivity index (χ0v) is 16.1. The second kappa shape index (κ2) is 7.88. The zero-order valence-electron chi connectivity index (χ0n) is 16.1. The highest BCUT2D eigenvalue weighted by molar-refractivity contribution is 6.06. The van der Waals surface area contributed by atoms with Crippen LogP contribution in [0.15, 0.2) is 42.5 Å². The van der Waals surface area contributed by atoms with Gasteiger partial charge >= 0.3 is 6.03 Å². The van der Waals surface area contributed by atoms with Gasteiger partial charge in [0.1, 0.15) is 22.9 Å². The van der Waals surface area contributed by atoms with Crippen molar-refractivity contribution >= 4 is 11.9 Å². The van der Waals surface area contributed by atoms with Gasteiger partial charge < -0.3 is 14.8 Å².